The molecule has 0 aromatic carbocycles. The van der Waals surface area contributed by atoms with Gasteiger partial charge in [-0.1, -0.05) is 24.3 Å². The second-order valence-electron chi connectivity index (χ2n) is 2.26. The first-order valence-electron chi connectivity index (χ1n) is 3.71. The molecule has 2 N–H and O–H groups in total. The van der Waals surface area contributed by atoms with Crippen molar-refractivity contribution in [2.45, 2.75) is 0 Å². The largest absolute Gasteiger partial charge is 0.310 e. The third-order valence-electron chi connectivity index (χ3n) is 1.38. The Labute approximate surface area is 62.0 Å². The number of hydrogen-bond acceptors (Lipinski definition) is 2. The molecule has 0 fully saturated rings. The van der Waals surface area contributed by atoms with Crippen molar-refractivity contribution in [2.75, 3.05) is 26.2 Å². The molecule has 1 aliphatic heterocycles. The van der Waals surface area contributed by atoms with Crippen LogP contribution in [0.5, 0.6) is 0 Å². The van der Waals surface area contributed by atoms with E-state index >= 15 is 0 Å². The van der Waals surface area contributed by atoms with Crippen molar-refractivity contribution in [3.63, 3.8) is 0 Å². The Morgan fingerprint density at radius 2 is 0.900 bits per heavy atom. The summed E-state index contributed by atoms with van der Waals surface area (Å²) in [6.45, 7) is 3.91. The lowest BCUT2D eigenvalue weighted by Gasteiger charge is -1.99. The van der Waals surface area contributed by atoms with E-state index in [4.69, 9.17) is 0 Å². The van der Waals surface area contributed by atoms with E-state index in [9.17, 15) is 0 Å². The Morgan fingerprint density at radius 3 is 1.20 bits per heavy atom. The van der Waals surface area contributed by atoms with Crippen LogP contribution >= 0.6 is 0 Å². The zero-order chi connectivity index (χ0) is 7.07. The summed E-state index contributed by atoms with van der Waals surface area (Å²) in [4.78, 5) is 0. The molecule has 0 aromatic rings. The molecule has 0 saturated heterocycles. The van der Waals surface area contributed by atoms with Crippen molar-refractivity contribution < 1.29 is 0 Å². The van der Waals surface area contributed by atoms with Crippen LogP contribution in [0.4, 0.5) is 0 Å². The van der Waals surface area contributed by atoms with Gasteiger partial charge in [-0.05, 0) is 0 Å². The highest BCUT2D eigenvalue weighted by molar-refractivity contribution is 4.92. The summed E-state index contributed by atoms with van der Waals surface area (Å²) in [5, 5.41) is 6.51. The maximum absolute atomic E-state index is 3.25. The lowest BCUT2D eigenvalue weighted by molar-refractivity contribution is 0.800. The van der Waals surface area contributed by atoms with Gasteiger partial charge < -0.3 is 10.6 Å². The van der Waals surface area contributed by atoms with Crippen LogP contribution in [0, 0.1) is 0 Å². The van der Waals surface area contributed by atoms with Crippen LogP contribution in [0.25, 0.3) is 0 Å². The molecule has 0 amide bonds. The van der Waals surface area contributed by atoms with E-state index in [-0.39, 0.29) is 0 Å². The molecule has 0 saturated carbocycles. The smallest absolute Gasteiger partial charge is 0.0138 e. The summed E-state index contributed by atoms with van der Waals surface area (Å²) in [5.41, 5.74) is 0. The predicted octanol–water partition coefficient (Wildman–Crippen LogP) is 0.292. The molecule has 0 spiro atoms. The fourth-order valence-corrected chi connectivity index (χ4v) is 0.833. The van der Waals surface area contributed by atoms with E-state index < -0.39 is 0 Å². The number of rotatable bonds is 0. The minimum Gasteiger partial charge on any atom is -0.310 e. The van der Waals surface area contributed by atoms with Gasteiger partial charge in [-0.15, -0.1) is 0 Å². The summed E-state index contributed by atoms with van der Waals surface area (Å²) >= 11 is 0. The fourth-order valence-electron chi connectivity index (χ4n) is 0.833. The SMILES string of the molecule is C1=C/CNC/C=C/CNC/1. The van der Waals surface area contributed by atoms with Gasteiger partial charge in [0.2, 0.25) is 0 Å². The number of hydrogen-bond donors (Lipinski definition) is 2. The highest BCUT2D eigenvalue weighted by Gasteiger charge is 1.82. The van der Waals surface area contributed by atoms with Gasteiger partial charge in [-0.2, -0.15) is 0 Å². The zero-order valence-electron chi connectivity index (χ0n) is 6.14. The van der Waals surface area contributed by atoms with E-state index in [1.807, 2.05) is 0 Å². The topological polar surface area (TPSA) is 24.1 Å². The molecule has 0 aromatic heterocycles. The quantitative estimate of drug-likeness (QED) is 0.470. The molecule has 10 heavy (non-hydrogen) atoms. The lowest BCUT2D eigenvalue weighted by atomic mass is 10.4. The third kappa shape index (κ3) is 3.43. The zero-order valence-corrected chi connectivity index (χ0v) is 6.14. The van der Waals surface area contributed by atoms with E-state index in [0.717, 1.165) is 26.2 Å². The summed E-state index contributed by atoms with van der Waals surface area (Å²) in [5.74, 6) is 0. The molecular weight excluding hydrogens is 124 g/mol. The van der Waals surface area contributed by atoms with Gasteiger partial charge >= 0.3 is 0 Å². The first-order valence-corrected chi connectivity index (χ1v) is 3.71. The first-order chi connectivity index (χ1) is 5.00. The molecule has 0 aliphatic carbocycles. The summed E-state index contributed by atoms with van der Waals surface area (Å²) in [6, 6.07) is 0. The van der Waals surface area contributed by atoms with Gasteiger partial charge in [-0.3, -0.25) is 0 Å². The molecule has 0 radical (unpaired) electrons. The molecular formula is C8H14N2. The van der Waals surface area contributed by atoms with Crippen molar-refractivity contribution in [3.05, 3.63) is 24.3 Å². The van der Waals surface area contributed by atoms with Crippen molar-refractivity contribution in [1.29, 1.82) is 0 Å². The minimum absolute atomic E-state index is 0.978. The van der Waals surface area contributed by atoms with Gasteiger partial charge in [0.25, 0.3) is 0 Å². The highest BCUT2D eigenvalue weighted by Crippen LogP contribution is 1.75. The predicted molar refractivity (Wildman–Crippen MR) is 44.0 cm³/mol. The molecule has 0 atom stereocenters. The maximum atomic E-state index is 3.25. The fraction of sp³-hybridized carbons (Fsp3) is 0.500. The molecule has 0 bridgehead atoms. The molecule has 2 heteroatoms. The second kappa shape index (κ2) is 5.21. The van der Waals surface area contributed by atoms with Crippen LogP contribution in [0.1, 0.15) is 0 Å². The van der Waals surface area contributed by atoms with Crippen LogP contribution in [0.15, 0.2) is 24.3 Å². The van der Waals surface area contributed by atoms with E-state index in [1.54, 1.807) is 0 Å². The van der Waals surface area contributed by atoms with Crippen LogP contribution < -0.4 is 10.6 Å². The summed E-state index contributed by atoms with van der Waals surface area (Å²) in [7, 11) is 0. The summed E-state index contributed by atoms with van der Waals surface area (Å²) in [6.07, 6.45) is 8.58. The Balaban J connectivity index is 2.22. The molecule has 0 unspecified atom stereocenters. The van der Waals surface area contributed by atoms with Gasteiger partial charge in [0.05, 0.1) is 0 Å². The van der Waals surface area contributed by atoms with Crippen LogP contribution in [-0.2, 0) is 0 Å². The standard InChI is InChI=1S/C8H14N2/c1-2-6-10-8-4-3-7-9-5-1/h1-4,9-10H,5-8H2/b2-1+,4-3+. The maximum Gasteiger partial charge on any atom is 0.0138 e. The second-order valence-corrected chi connectivity index (χ2v) is 2.26. The van der Waals surface area contributed by atoms with Crippen molar-refractivity contribution >= 4 is 0 Å². The van der Waals surface area contributed by atoms with Crippen LogP contribution in [-0.4, -0.2) is 26.2 Å². The first kappa shape index (κ1) is 7.51. The highest BCUT2D eigenvalue weighted by atomic mass is 14.9. The van der Waals surface area contributed by atoms with Crippen LogP contribution in [0.3, 0.4) is 0 Å². The molecule has 1 heterocycles. The van der Waals surface area contributed by atoms with E-state index in [0.29, 0.717) is 0 Å². The van der Waals surface area contributed by atoms with Crippen molar-refractivity contribution in [2.24, 2.45) is 0 Å². The van der Waals surface area contributed by atoms with Gasteiger partial charge in [-0.25, -0.2) is 0 Å². The lowest BCUT2D eigenvalue weighted by Crippen LogP contribution is -2.18. The Hall–Kier alpha value is -0.600. The van der Waals surface area contributed by atoms with E-state index in [1.165, 1.54) is 0 Å². The average Bonchev–Trinajstić information content (AvgIpc) is 2.01. The van der Waals surface area contributed by atoms with Crippen molar-refractivity contribution in [3.8, 4) is 0 Å². The Morgan fingerprint density at radius 1 is 0.600 bits per heavy atom. The minimum atomic E-state index is 0.978. The molecule has 2 nitrogen and oxygen atoms in total. The number of nitrogens with one attached hydrogen (secondary N) is 2. The molecule has 56 valence electrons. The monoisotopic (exact) mass is 138 g/mol. The Kier molecular flexibility index (Phi) is 3.91. The van der Waals surface area contributed by atoms with Gasteiger partial charge in [0, 0.05) is 26.2 Å². The van der Waals surface area contributed by atoms with Gasteiger partial charge in [0.15, 0.2) is 0 Å². The molecule has 1 aliphatic rings. The Bertz CT molecular complexity index is 99.2. The summed E-state index contributed by atoms with van der Waals surface area (Å²) < 4.78 is 0. The van der Waals surface area contributed by atoms with Gasteiger partial charge in [0.1, 0.15) is 0 Å². The third-order valence-corrected chi connectivity index (χ3v) is 1.38. The normalized spacial score (nSPS) is 27.2. The van der Waals surface area contributed by atoms with Crippen molar-refractivity contribution in [1.82, 2.24) is 10.6 Å². The van der Waals surface area contributed by atoms with Crippen LogP contribution in [0.2, 0.25) is 0 Å². The molecule has 1 rings (SSSR count). The average molecular weight is 138 g/mol. The van der Waals surface area contributed by atoms with E-state index in [2.05, 4.69) is 34.9 Å².